The van der Waals surface area contributed by atoms with E-state index < -0.39 is 5.69 Å². The predicted molar refractivity (Wildman–Crippen MR) is 74.4 cm³/mol. The lowest BCUT2D eigenvalue weighted by molar-refractivity contribution is 0.301. The summed E-state index contributed by atoms with van der Waals surface area (Å²) >= 11 is 1.16. The van der Waals surface area contributed by atoms with Gasteiger partial charge in [-0.1, -0.05) is 11.3 Å². The summed E-state index contributed by atoms with van der Waals surface area (Å²) in [6, 6.07) is 0. The average Bonchev–Trinajstić information content (AvgIpc) is 3.11. The van der Waals surface area contributed by atoms with Crippen molar-refractivity contribution < 1.29 is 6.11 Å². The molecule has 3 aromatic heterocycles. The van der Waals surface area contributed by atoms with E-state index in [1.54, 1.807) is 0 Å². The number of thiazole rings is 1. The molecule has 0 aromatic carbocycles. The Morgan fingerprint density at radius 1 is 1.50 bits per heavy atom. The summed E-state index contributed by atoms with van der Waals surface area (Å²) in [7, 11) is 1.45. The minimum absolute atomic E-state index is 0.0621. The second-order valence-electron chi connectivity index (χ2n) is 3.91. The summed E-state index contributed by atoms with van der Waals surface area (Å²) in [5, 5.41) is 20.2. The van der Waals surface area contributed by atoms with Gasteiger partial charge in [-0.3, -0.25) is 0 Å². The third kappa shape index (κ3) is 2.42. The van der Waals surface area contributed by atoms with Crippen LogP contribution in [0, 0.1) is 12.3 Å². The lowest BCUT2D eigenvalue weighted by Crippen LogP contribution is -2.25. The van der Waals surface area contributed by atoms with E-state index >= 15 is 0 Å². The maximum atomic E-state index is 12.0. The van der Waals surface area contributed by atoms with E-state index in [1.165, 1.54) is 12.4 Å². The topological polar surface area (TPSA) is 113 Å². The fourth-order valence-electron chi connectivity index (χ4n) is 1.58. The van der Waals surface area contributed by atoms with Crippen LogP contribution in [-0.2, 0) is 13.7 Å². The van der Waals surface area contributed by atoms with Gasteiger partial charge in [0.25, 0.3) is 5.19 Å². The van der Waals surface area contributed by atoms with Crippen LogP contribution >= 0.6 is 11.3 Å². The first-order valence-electron chi connectivity index (χ1n) is 6.33. The molecule has 0 spiro atoms. The molecule has 0 atom stereocenters. The van der Waals surface area contributed by atoms with Gasteiger partial charge in [0.2, 0.25) is 0 Å². The van der Waals surface area contributed by atoms with E-state index in [-0.39, 0.29) is 29.5 Å². The highest BCUT2D eigenvalue weighted by molar-refractivity contribution is 7.11. The standard InChI is InChI=1S/C11H8N8O2S/c1-3-8-7(6-21-10-12-4-5-22-10)9(14-15-13-8)19-11(20)18(2)16-17-19/h1,4-5H,6H2,2H3/i4T. The highest BCUT2D eigenvalue weighted by Gasteiger charge is 2.18. The van der Waals surface area contributed by atoms with Gasteiger partial charge < -0.3 is 4.74 Å². The molecule has 110 valence electrons. The molecule has 3 heterocycles. The Bertz CT molecular complexity index is 956. The van der Waals surface area contributed by atoms with E-state index in [0.717, 1.165) is 20.7 Å². The van der Waals surface area contributed by atoms with E-state index in [9.17, 15) is 4.79 Å². The molecule has 11 heteroatoms. The van der Waals surface area contributed by atoms with Gasteiger partial charge in [0.05, 0.1) is 6.93 Å². The molecule has 0 N–H and O–H groups in total. The quantitative estimate of drug-likeness (QED) is 0.573. The molecule has 0 aliphatic heterocycles. The molecule has 0 aliphatic carbocycles. The number of rotatable bonds is 4. The largest absolute Gasteiger partial charge is 0.465 e. The highest BCUT2D eigenvalue weighted by atomic mass is 32.1. The lowest BCUT2D eigenvalue weighted by atomic mass is 10.2. The van der Waals surface area contributed by atoms with Crippen molar-refractivity contribution >= 4 is 11.3 Å². The van der Waals surface area contributed by atoms with Crippen molar-refractivity contribution in [1.29, 1.82) is 0 Å². The van der Waals surface area contributed by atoms with E-state index in [1.807, 2.05) is 0 Å². The molecule has 0 fully saturated rings. The maximum absolute atomic E-state index is 12.0. The SMILES string of the molecule is [3H]c1csc(OCc2c(C#C)nnnc2-n2nnn(C)c2=O)n1. The second kappa shape index (κ2) is 5.70. The van der Waals surface area contributed by atoms with Crippen molar-refractivity contribution in [1.82, 2.24) is 40.2 Å². The van der Waals surface area contributed by atoms with Gasteiger partial charge in [-0.2, -0.15) is 4.68 Å². The van der Waals surface area contributed by atoms with Crippen molar-refractivity contribution in [3.63, 3.8) is 0 Å². The molecule has 10 nitrogen and oxygen atoms in total. The Labute approximate surface area is 128 Å². The molecule has 3 aromatic rings. The molecule has 22 heavy (non-hydrogen) atoms. The average molecular weight is 318 g/mol. The Hall–Kier alpha value is -3.13. The van der Waals surface area contributed by atoms with E-state index in [2.05, 4.69) is 36.7 Å². The zero-order valence-electron chi connectivity index (χ0n) is 12.2. The Kier molecular flexibility index (Phi) is 3.26. The Morgan fingerprint density at radius 2 is 2.36 bits per heavy atom. The summed E-state index contributed by atoms with van der Waals surface area (Å²) < 4.78 is 14.8. The Balaban J connectivity index is 2.02. The minimum atomic E-state index is -0.516. The minimum Gasteiger partial charge on any atom is -0.465 e. The van der Waals surface area contributed by atoms with Crippen LogP contribution in [-0.4, -0.2) is 40.2 Å². The van der Waals surface area contributed by atoms with Crippen LogP contribution < -0.4 is 10.4 Å². The van der Waals surface area contributed by atoms with Crippen molar-refractivity contribution in [2.75, 3.05) is 0 Å². The fourth-order valence-corrected chi connectivity index (χ4v) is 2.02. The molecular formula is C11H8N8O2S. The Morgan fingerprint density at radius 3 is 3.00 bits per heavy atom. The number of terminal acetylenes is 1. The van der Waals surface area contributed by atoms with E-state index in [0.29, 0.717) is 5.56 Å². The number of nitrogens with zero attached hydrogens (tertiary/aromatic N) is 8. The highest BCUT2D eigenvalue weighted by Crippen LogP contribution is 2.18. The van der Waals surface area contributed by atoms with Gasteiger partial charge in [0, 0.05) is 18.6 Å². The summed E-state index contributed by atoms with van der Waals surface area (Å²) in [4.78, 5) is 15.8. The monoisotopic (exact) mass is 318 g/mol. The van der Waals surface area contributed by atoms with E-state index in [4.69, 9.17) is 12.5 Å². The van der Waals surface area contributed by atoms with Crippen molar-refractivity contribution in [2.45, 2.75) is 6.61 Å². The van der Waals surface area contributed by atoms with Crippen LogP contribution in [0.15, 0.2) is 16.3 Å². The van der Waals surface area contributed by atoms with Gasteiger partial charge >= 0.3 is 5.69 Å². The number of hydrogen-bond acceptors (Lipinski definition) is 9. The van der Waals surface area contributed by atoms with Gasteiger partial charge in [-0.15, -0.1) is 21.3 Å². The van der Waals surface area contributed by atoms with Gasteiger partial charge in [0.15, 0.2) is 5.82 Å². The number of tetrazole rings is 1. The molecule has 0 bridgehead atoms. The third-order valence-electron chi connectivity index (χ3n) is 2.61. The van der Waals surface area contributed by atoms with Crippen LogP contribution in [0.25, 0.3) is 5.82 Å². The third-order valence-corrected chi connectivity index (χ3v) is 3.24. The van der Waals surface area contributed by atoms with Crippen LogP contribution in [0.3, 0.4) is 0 Å². The summed E-state index contributed by atoms with van der Waals surface area (Å²) in [5.41, 5.74) is -0.0144. The smallest absolute Gasteiger partial charge is 0.369 e. The second-order valence-corrected chi connectivity index (χ2v) is 4.73. The predicted octanol–water partition coefficient (Wildman–Crippen LogP) is -0.832. The number of ether oxygens (including phenoxy) is 1. The lowest BCUT2D eigenvalue weighted by Gasteiger charge is -2.07. The summed E-state index contributed by atoms with van der Waals surface area (Å²) in [6.45, 7) is -0.0621. The first-order chi connectivity index (χ1) is 11.1. The van der Waals surface area contributed by atoms with Crippen LogP contribution in [0.2, 0.25) is 0 Å². The van der Waals surface area contributed by atoms with Crippen LogP contribution in [0.5, 0.6) is 5.19 Å². The van der Waals surface area contributed by atoms with Gasteiger partial charge in [-0.05, 0) is 21.6 Å². The van der Waals surface area contributed by atoms with Crippen molar-refractivity contribution in [3.8, 4) is 23.4 Å². The number of aromatic nitrogens is 8. The number of aryl methyl sites for hydroxylation is 1. The van der Waals surface area contributed by atoms with Crippen molar-refractivity contribution in [3.05, 3.63) is 33.3 Å². The first kappa shape index (κ1) is 12.6. The van der Waals surface area contributed by atoms with Crippen LogP contribution in [0.4, 0.5) is 0 Å². The van der Waals surface area contributed by atoms with Crippen LogP contribution in [0.1, 0.15) is 12.6 Å². The normalized spacial score (nSPS) is 11.0. The molecule has 0 radical (unpaired) electrons. The first-order valence-corrected chi connectivity index (χ1v) is 6.71. The zero-order chi connectivity index (χ0) is 16.4. The summed E-state index contributed by atoms with van der Waals surface area (Å²) in [5.74, 6) is 2.43. The summed E-state index contributed by atoms with van der Waals surface area (Å²) in [6.07, 6.45) is 5.50. The molecule has 0 amide bonds. The molecule has 0 saturated heterocycles. The molecule has 3 rings (SSSR count). The number of hydrogen-bond donors (Lipinski definition) is 0. The molecule has 0 unspecified atom stereocenters. The molecular weight excluding hydrogens is 308 g/mol. The zero-order valence-corrected chi connectivity index (χ0v) is 12.0. The molecule has 0 aliphatic rings. The fraction of sp³-hybridized carbons (Fsp3) is 0.182. The molecule has 0 saturated carbocycles. The van der Waals surface area contributed by atoms with Gasteiger partial charge in [0.1, 0.15) is 12.3 Å². The van der Waals surface area contributed by atoms with Crippen molar-refractivity contribution in [2.24, 2.45) is 7.05 Å². The van der Waals surface area contributed by atoms with Gasteiger partial charge in [-0.25, -0.2) is 9.78 Å². The maximum Gasteiger partial charge on any atom is 0.369 e.